The Labute approximate surface area is 140 Å². The maximum Gasteiger partial charge on any atom is 0.338 e. The number of rotatable bonds is 3. The van der Waals surface area contributed by atoms with Crippen LogP contribution in [-0.2, 0) is 19.1 Å². The zero-order valence-electron chi connectivity index (χ0n) is 13.8. The minimum Gasteiger partial charge on any atom is -0.469 e. The van der Waals surface area contributed by atoms with Gasteiger partial charge in [0.05, 0.1) is 12.7 Å². The van der Waals surface area contributed by atoms with E-state index in [0.29, 0.717) is 12.0 Å². The van der Waals surface area contributed by atoms with E-state index in [1.165, 1.54) is 14.0 Å². The van der Waals surface area contributed by atoms with Crippen molar-refractivity contribution in [3.05, 3.63) is 35.9 Å². The van der Waals surface area contributed by atoms with Gasteiger partial charge in [-0.3, -0.25) is 9.59 Å². The van der Waals surface area contributed by atoms with Crippen LogP contribution >= 0.6 is 0 Å². The predicted molar refractivity (Wildman–Crippen MR) is 85.1 cm³/mol. The number of esters is 2. The summed E-state index contributed by atoms with van der Waals surface area (Å²) >= 11 is 0. The lowest BCUT2D eigenvalue weighted by molar-refractivity contribution is -0.159. The first-order valence-electron chi connectivity index (χ1n) is 8.15. The van der Waals surface area contributed by atoms with E-state index in [4.69, 9.17) is 9.47 Å². The molecule has 6 nitrogen and oxygen atoms in total. The Morgan fingerprint density at radius 2 is 1.83 bits per heavy atom. The molecule has 0 radical (unpaired) electrons. The van der Waals surface area contributed by atoms with E-state index in [0.717, 1.165) is 12.8 Å². The summed E-state index contributed by atoms with van der Waals surface area (Å²) in [6.45, 7) is 1.51. The molecule has 2 bridgehead atoms. The van der Waals surface area contributed by atoms with Gasteiger partial charge in [-0.1, -0.05) is 18.2 Å². The summed E-state index contributed by atoms with van der Waals surface area (Å²) in [5.74, 6) is -1.57. The highest BCUT2D eigenvalue weighted by molar-refractivity contribution is 5.90. The van der Waals surface area contributed by atoms with Crippen molar-refractivity contribution in [2.45, 2.75) is 44.4 Å². The SMILES string of the molecule is COC(=O)C1C(OC(=O)c2ccccc2)C[C@H]2CCC1N2C(C)=O. The fourth-order valence-electron chi connectivity index (χ4n) is 4.00. The van der Waals surface area contributed by atoms with Gasteiger partial charge in [0.25, 0.3) is 0 Å². The first-order chi connectivity index (χ1) is 11.5. The smallest absolute Gasteiger partial charge is 0.338 e. The normalized spacial score (nSPS) is 28.3. The molecule has 4 atom stereocenters. The van der Waals surface area contributed by atoms with Crippen molar-refractivity contribution >= 4 is 17.8 Å². The van der Waals surface area contributed by atoms with Gasteiger partial charge in [0, 0.05) is 25.4 Å². The molecule has 128 valence electrons. The van der Waals surface area contributed by atoms with Crippen LogP contribution in [0.4, 0.5) is 0 Å². The lowest BCUT2D eigenvalue weighted by Crippen LogP contribution is -2.56. The second kappa shape index (κ2) is 6.63. The first kappa shape index (κ1) is 16.5. The molecule has 0 aromatic heterocycles. The minimum absolute atomic E-state index is 0.0157. The van der Waals surface area contributed by atoms with Crippen LogP contribution in [0.5, 0.6) is 0 Å². The van der Waals surface area contributed by atoms with Crippen molar-refractivity contribution in [3.8, 4) is 0 Å². The summed E-state index contributed by atoms with van der Waals surface area (Å²) in [6, 6.07) is 8.44. The van der Waals surface area contributed by atoms with Gasteiger partial charge in [-0.25, -0.2) is 4.79 Å². The molecule has 3 unspecified atom stereocenters. The number of nitrogens with zero attached hydrogens (tertiary/aromatic N) is 1. The maximum absolute atomic E-state index is 12.4. The summed E-state index contributed by atoms with van der Waals surface area (Å²) in [5.41, 5.74) is 0.447. The summed E-state index contributed by atoms with van der Waals surface area (Å²) in [4.78, 5) is 38.4. The van der Waals surface area contributed by atoms with Crippen LogP contribution < -0.4 is 0 Å². The molecule has 2 aliphatic heterocycles. The molecule has 0 saturated carbocycles. The van der Waals surface area contributed by atoms with E-state index in [-0.39, 0.29) is 18.0 Å². The number of hydrogen-bond acceptors (Lipinski definition) is 5. The van der Waals surface area contributed by atoms with Crippen molar-refractivity contribution < 1.29 is 23.9 Å². The molecular weight excluding hydrogens is 310 g/mol. The Bertz CT molecular complexity index is 644. The Morgan fingerprint density at radius 3 is 2.46 bits per heavy atom. The Hall–Kier alpha value is -2.37. The van der Waals surface area contributed by atoms with E-state index in [9.17, 15) is 14.4 Å². The van der Waals surface area contributed by atoms with E-state index >= 15 is 0 Å². The van der Waals surface area contributed by atoms with Gasteiger partial charge in [-0.05, 0) is 25.0 Å². The van der Waals surface area contributed by atoms with Crippen molar-refractivity contribution in [2.24, 2.45) is 5.92 Å². The minimum atomic E-state index is -0.634. The average molecular weight is 331 g/mol. The van der Waals surface area contributed by atoms with E-state index < -0.39 is 24.0 Å². The molecule has 1 amide bonds. The van der Waals surface area contributed by atoms with Gasteiger partial charge < -0.3 is 14.4 Å². The molecule has 2 aliphatic rings. The number of benzene rings is 1. The molecule has 0 spiro atoms. The highest BCUT2D eigenvalue weighted by Crippen LogP contribution is 2.41. The predicted octanol–water partition coefficient (Wildman–Crippen LogP) is 1.78. The van der Waals surface area contributed by atoms with Gasteiger partial charge in [0.2, 0.25) is 5.91 Å². The van der Waals surface area contributed by atoms with E-state index in [1.54, 1.807) is 29.2 Å². The van der Waals surface area contributed by atoms with Crippen LogP contribution in [0.2, 0.25) is 0 Å². The average Bonchev–Trinajstić information content (AvgIpc) is 2.90. The summed E-state index contributed by atoms with van der Waals surface area (Å²) in [7, 11) is 1.32. The highest BCUT2D eigenvalue weighted by Gasteiger charge is 2.53. The molecular formula is C18H21NO5. The molecule has 0 aliphatic carbocycles. The maximum atomic E-state index is 12.4. The van der Waals surface area contributed by atoms with Crippen molar-refractivity contribution in [1.82, 2.24) is 4.90 Å². The molecule has 0 N–H and O–H groups in total. The molecule has 1 aromatic carbocycles. The van der Waals surface area contributed by atoms with Crippen LogP contribution in [0.3, 0.4) is 0 Å². The zero-order valence-corrected chi connectivity index (χ0v) is 13.8. The number of ether oxygens (including phenoxy) is 2. The Balaban J connectivity index is 1.83. The molecule has 3 rings (SSSR count). The number of carbonyl (C=O) groups is 3. The third-order valence-electron chi connectivity index (χ3n) is 4.97. The van der Waals surface area contributed by atoms with Crippen LogP contribution in [0.1, 0.15) is 36.5 Å². The number of carbonyl (C=O) groups excluding carboxylic acids is 3. The second-order valence-electron chi connectivity index (χ2n) is 6.32. The van der Waals surface area contributed by atoms with Crippen molar-refractivity contribution in [2.75, 3.05) is 7.11 Å². The van der Waals surface area contributed by atoms with Crippen molar-refractivity contribution in [3.63, 3.8) is 0 Å². The molecule has 2 fully saturated rings. The number of methoxy groups -OCH3 is 1. The van der Waals surface area contributed by atoms with Gasteiger partial charge >= 0.3 is 11.9 Å². The second-order valence-corrected chi connectivity index (χ2v) is 6.32. The fourth-order valence-corrected chi connectivity index (χ4v) is 4.00. The van der Waals surface area contributed by atoms with Crippen LogP contribution in [0.25, 0.3) is 0 Å². The highest BCUT2D eigenvalue weighted by atomic mass is 16.6. The molecule has 2 saturated heterocycles. The van der Waals surface area contributed by atoms with E-state index in [1.807, 2.05) is 6.07 Å². The van der Waals surface area contributed by atoms with Gasteiger partial charge in [-0.15, -0.1) is 0 Å². The number of hydrogen-bond donors (Lipinski definition) is 0. The fraction of sp³-hybridized carbons (Fsp3) is 0.500. The quantitative estimate of drug-likeness (QED) is 0.790. The molecule has 1 aromatic rings. The lowest BCUT2D eigenvalue weighted by atomic mass is 9.87. The molecule has 6 heteroatoms. The number of amides is 1. The number of fused-ring (bicyclic) bond motifs is 2. The Kier molecular flexibility index (Phi) is 4.55. The van der Waals surface area contributed by atoms with Crippen LogP contribution in [0.15, 0.2) is 30.3 Å². The zero-order chi connectivity index (χ0) is 17.3. The summed E-state index contributed by atoms with van der Waals surface area (Å²) < 4.78 is 10.6. The lowest BCUT2D eigenvalue weighted by Gasteiger charge is -2.42. The summed E-state index contributed by atoms with van der Waals surface area (Å²) in [6.07, 6.45) is 1.44. The third kappa shape index (κ3) is 2.88. The third-order valence-corrected chi connectivity index (χ3v) is 4.97. The first-order valence-corrected chi connectivity index (χ1v) is 8.15. The van der Waals surface area contributed by atoms with Gasteiger partial charge in [0.15, 0.2) is 0 Å². The van der Waals surface area contributed by atoms with Crippen LogP contribution in [0, 0.1) is 5.92 Å². The van der Waals surface area contributed by atoms with Crippen LogP contribution in [-0.4, -0.2) is 48.0 Å². The van der Waals surface area contributed by atoms with E-state index in [2.05, 4.69) is 0 Å². The summed E-state index contributed by atoms with van der Waals surface area (Å²) in [5, 5.41) is 0. The standard InChI is InChI=1S/C18H21NO5/c1-11(20)19-13-8-9-14(19)16(18(22)23-2)15(10-13)24-17(21)12-6-4-3-5-7-12/h3-7,13-16H,8-10H2,1-2H3/t13-,14?,15?,16?/m1/s1. The number of piperidine rings is 1. The monoisotopic (exact) mass is 331 g/mol. The largest absolute Gasteiger partial charge is 0.469 e. The van der Waals surface area contributed by atoms with Gasteiger partial charge in [-0.2, -0.15) is 0 Å². The topological polar surface area (TPSA) is 72.9 Å². The van der Waals surface area contributed by atoms with Crippen molar-refractivity contribution in [1.29, 1.82) is 0 Å². The molecule has 2 heterocycles. The van der Waals surface area contributed by atoms with Gasteiger partial charge in [0.1, 0.15) is 12.0 Å². The molecule has 24 heavy (non-hydrogen) atoms. The Morgan fingerprint density at radius 1 is 1.12 bits per heavy atom.